The Hall–Kier alpha value is -1.63. The fourth-order valence-electron chi connectivity index (χ4n) is 1.57. The minimum absolute atomic E-state index is 0.421. The zero-order chi connectivity index (χ0) is 9.80. The van der Waals surface area contributed by atoms with Crippen LogP contribution in [-0.2, 0) is 0 Å². The SMILES string of the molecule is C[C@H](c1ccccc1)c1cccnc1. The van der Waals surface area contributed by atoms with E-state index in [0.29, 0.717) is 5.92 Å². The molecule has 0 aliphatic heterocycles. The Balaban J connectivity index is 2.30. The van der Waals surface area contributed by atoms with Crippen LogP contribution in [0.5, 0.6) is 0 Å². The number of benzene rings is 1. The Labute approximate surface area is 84.4 Å². The number of rotatable bonds is 2. The number of aromatic nitrogens is 1. The van der Waals surface area contributed by atoms with Crippen molar-refractivity contribution in [2.45, 2.75) is 12.8 Å². The Morgan fingerprint density at radius 1 is 0.929 bits per heavy atom. The van der Waals surface area contributed by atoms with Gasteiger partial charge in [0.05, 0.1) is 0 Å². The highest BCUT2D eigenvalue weighted by Gasteiger charge is 2.06. The van der Waals surface area contributed by atoms with Crippen LogP contribution in [0.25, 0.3) is 0 Å². The molecule has 0 unspecified atom stereocenters. The van der Waals surface area contributed by atoms with E-state index in [9.17, 15) is 0 Å². The summed E-state index contributed by atoms with van der Waals surface area (Å²) in [6.07, 6.45) is 3.74. The van der Waals surface area contributed by atoms with E-state index in [1.54, 1.807) is 6.20 Å². The standard InChI is InChI=1S/C13H13N/c1-11(12-6-3-2-4-7-12)13-8-5-9-14-10-13/h2-11H,1H3/t11-/m1/s1. The van der Waals surface area contributed by atoms with E-state index in [1.165, 1.54) is 11.1 Å². The Morgan fingerprint density at radius 2 is 1.64 bits per heavy atom. The summed E-state index contributed by atoms with van der Waals surface area (Å²) in [5.74, 6) is 0.421. The molecule has 1 nitrogen and oxygen atoms in total. The largest absolute Gasteiger partial charge is 0.264 e. The number of hydrogen-bond acceptors (Lipinski definition) is 1. The Morgan fingerprint density at radius 3 is 2.29 bits per heavy atom. The predicted octanol–water partition coefficient (Wildman–Crippen LogP) is 3.23. The van der Waals surface area contributed by atoms with Gasteiger partial charge in [0.25, 0.3) is 0 Å². The molecular weight excluding hydrogens is 170 g/mol. The third-order valence-corrected chi connectivity index (χ3v) is 2.48. The lowest BCUT2D eigenvalue weighted by molar-refractivity contribution is 0.911. The number of hydrogen-bond donors (Lipinski definition) is 0. The van der Waals surface area contributed by atoms with Gasteiger partial charge >= 0.3 is 0 Å². The molecule has 1 aromatic heterocycles. The van der Waals surface area contributed by atoms with Crippen molar-refractivity contribution in [1.82, 2.24) is 4.98 Å². The van der Waals surface area contributed by atoms with Gasteiger partial charge in [-0.25, -0.2) is 0 Å². The van der Waals surface area contributed by atoms with Gasteiger partial charge < -0.3 is 0 Å². The van der Waals surface area contributed by atoms with Crippen LogP contribution in [0, 0.1) is 0 Å². The molecule has 0 fully saturated rings. The second-order valence-electron chi connectivity index (χ2n) is 3.42. The lowest BCUT2D eigenvalue weighted by atomic mass is 9.95. The van der Waals surface area contributed by atoms with E-state index in [4.69, 9.17) is 0 Å². The zero-order valence-electron chi connectivity index (χ0n) is 8.22. The quantitative estimate of drug-likeness (QED) is 0.696. The minimum Gasteiger partial charge on any atom is -0.264 e. The zero-order valence-corrected chi connectivity index (χ0v) is 8.22. The number of pyridine rings is 1. The summed E-state index contributed by atoms with van der Waals surface area (Å²) < 4.78 is 0. The van der Waals surface area contributed by atoms with Gasteiger partial charge in [0, 0.05) is 18.3 Å². The van der Waals surface area contributed by atoms with Gasteiger partial charge in [-0.2, -0.15) is 0 Å². The molecule has 14 heavy (non-hydrogen) atoms. The summed E-state index contributed by atoms with van der Waals surface area (Å²) in [6, 6.07) is 14.6. The molecule has 0 radical (unpaired) electrons. The Kier molecular flexibility index (Phi) is 2.59. The smallest absolute Gasteiger partial charge is 0.0305 e. The molecule has 0 bridgehead atoms. The molecule has 1 heterocycles. The molecule has 1 aromatic carbocycles. The summed E-state index contributed by atoms with van der Waals surface area (Å²) in [4.78, 5) is 4.13. The van der Waals surface area contributed by atoms with Crippen LogP contribution in [0.15, 0.2) is 54.9 Å². The molecule has 2 rings (SSSR count). The second-order valence-corrected chi connectivity index (χ2v) is 3.42. The van der Waals surface area contributed by atoms with Crippen molar-refractivity contribution in [3.8, 4) is 0 Å². The summed E-state index contributed by atoms with van der Waals surface area (Å²) in [6.45, 7) is 2.20. The molecule has 1 heteroatoms. The molecule has 0 amide bonds. The molecule has 1 atom stereocenters. The van der Waals surface area contributed by atoms with Crippen LogP contribution in [0.1, 0.15) is 24.0 Å². The van der Waals surface area contributed by atoms with E-state index in [2.05, 4.69) is 42.2 Å². The van der Waals surface area contributed by atoms with E-state index < -0.39 is 0 Å². The highest BCUT2D eigenvalue weighted by Crippen LogP contribution is 2.22. The van der Waals surface area contributed by atoms with Crippen LogP contribution in [-0.4, -0.2) is 4.98 Å². The molecular formula is C13H13N. The summed E-state index contributed by atoms with van der Waals surface area (Å²) in [5.41, 5.74) is 2.60. The van der Waals surface area contributed by atoms with E-state index in [1.807, 2.05) is 18.3 Å². The monoisotopic (exact) mass is 183 g/mol. The Bertz CT molecular complexity index is 341. The summed E-state index contributed by atoms with van der Waals surface area (Å²) in [7, 11) is 0. The number of nitrogens with zero attached hydrogens (tertiary/aromatic N) is 1. The molecule has 0 spiro atoms. The first-order valence-corrected chi connectivity index (χ1v) is 4.83. The lowest BCUT2D eigenvalue weighted by Gasteiger charge is -2.10. The van der Waals surface area contributed by atoms with Gasteiger partial charge in [0.2, 0.25) is 0 Å². The van der Waals surface area contributed by atoms with Crippen LogP contribution < -0.4 is 0 Å². The topological polar surface area (TPSA) is 12.9 Å². The van der Waals surface area contributed by atoms with Crippen molar-refractivity contribution >= 4 is 0 Å². The average molecular weight is 183 g/mol. The molecule has 0 aliphatic rings. The van der Waals surface area contributed by atoms with E-state index >= 15 is 0 Å². The molecule has 2 aromatic rings. The van der Waals surface area contributed by atoms with Crippen LogP contribution in [0.4, 0.5) is 0 Å². The third-order valence-electron chi connectivity index (χ3n) is 2.48. The first-order chi connectivity index (χ1) is 6.88. The maximum absolute atomic E-state index is 4.13. The van der Waals surface area contributed by atoms with Crippen molar-refractivity contribution < 1.29 is 0 Å². The van der Waals surface area contributed by atoms with Gasteiger partial charge in [-0.05, 0) is 17.2 Å². The summed E-state index contributed by atoms with van der Waals surface area (Å²) in [5, 5.41) is 0. The highest BCUT2D eigenvalue weighted by atomic mass is 14.6. The van der Waals surface area contributed by atoms with Crippen LogP contribution in [0.2, 0.25) is 0 Å². The molecule has 0 N–H and O–H groups in total. The van der Waals surface area contributed by atoms with Gasteiger partial charge in [0.1, 0.15) is 0 Å². The lowest BCUT2D eigenvalue weighted by Crippen LogP contribution is -1.95. The van der Waals surface area contributed by atoms with Gasteiger partial charge in [-0.3, -0.25) is 4.98 Å². The molecule has 70 valence electrons. The second kappa shape index (κ2) is 4.05. The van der Waals surface area contributed by atoms with E-state index in [0.717, 1.165) is 0 Å². The molecule has 0 saturated heterocycles. The van der Waals surface area contributed by atoms with Gasteiger partial charge in [-0.1, -0.05) is 43.3 Å². The van der Waals surface area contributed by atoms with E-state index in [-0.39, 0.29) is 0 Å². The normalized spacial score (nSPS) is 12.4. The van der Waals surface area contributed by atoms with Crippen molar-refractivity contribution in [2.75, 3.05) is 0 Å². The maximum atomic E-state index is 4.13. The minimum atomic E-state index is 0.421. The van der Waals surface area contributed by atoms with Crippen molar-refractivity contribution in [1.29, 1.82) is 0 Å². The maximum Gasteiger partial charge on any atom is 0.0305 e. The van der Waals surface area contributed by atoms with Crippen LogP contribution in [0.3, 0.4) is 0 Å². The summed E-state index contributed by atoms with van der Waals surface area (Å²) >= 11 is 0. The molecule has 0 aliphatic carbocycles. The van der Waals surface area contributed by atoms with Gasteiger partial charge in [-0.15, -0.1) is 0 Å². The van der Waals surface area contributed by atoms with Crippen molar-refractivity contribution in [3.63, 3.8) is 0 Å². The average Bonchev–Trinajstić information content (AvgIpc) is 2.30. The highest BCUT2D eigenvalue weighted by molar-refractivity contribution is 5.29. The fraction of sp³-hybridized carbons (Fsp3) is 0.154. The fourth-order valence-corrected chi connectivity index (χ4v) is 1.57. The predicted molar refractivity (Wildman–Crippen MR) is 58.2 cm³/mol. The first-order valence-electron chi connectivity index (χ1n) is 4.83. The van der Waals surface area contributed by atoms with Crippen LogP contribution >= 0.6 is 0 Å². The van der Waals surface area contributed by atoms with Crippen molar-refractivity contribution in [3.05, 3.63) is 66.0 Å². The van der Waals surface area contributed by atoms with Crippen molar-refractivity contribution in [2.24, 2.45) is 0 Å². The third kappa shape index (κ3) is 1.82. The first kappa shape index (κ1) is 8.95. The molecule has 0 saturated carbocycles. The van der Waals surface area contributed by atoms with Gasteiger partial charge in [0.15, 0.2) is 0 Å².